The summed E-state index contributed by atoms with van der Waals surface area (Å²) < 4.78 is 5.48. The molecule has 0 amide bonds. The van der Waals surface area contributed by atoms with Gasteiger partial charge in [-0.1, -0.05) is 0 Å². The molecule has 0 spiro atoms. The van der Waals surface area contributed by atoms with Crippen LogP contribution in [-0.2, 0) is 4.74 Å². The molecule has 3 N–H and O–H groups in total. The molecule has 13 heavy (non-hydrogen) atoms. The van der Waals surface area contributed by atoms with E-state index in [-0.39, 0.29) is 0 Å². The summed E-state index contributed by atoms with van der Waals surface area (Å²) in [6.45, 7) is 3.30. The van der Waals surface area contributed by atoms with E-state index < -0.39 is 5.60 Å². The van der Waals surface area contributed by atoms with Crippen molar-refractivity contribution in [3.8, 4) is 0 Å². The van der Waals surface area contributed by atoms with Crippen molar-refractivity contribution in [3.63, 3.8) is 0 Å². The Labute approximate surface area is 80.3 Å². The summed E-state index contributed by atoms with van der Waals surface area (Å²) in [6, 6.07) is 0. The molecule has 3 nitrogen and oxygen atoms in total. The largest absolute Gasteiger partial charge is 0.390 e. The molecule has 2 atom stereocenters. The van der Waals surface area contributed by atoms with E-state index in [1.807, 2.05) is 6.92 Å². The lowest BCUT2D eigenvalue weighted by Gasteiger charge is -2.23. The van der Waals surface area contributed by atoms with Gasteiger partial charge in [-0.05, 0) is 45.6 Å². The predicted molar refractivity (Wildman–Crippen MR) is 52.5 cm³/mol. The highest BCUT2D eigenvalue weighted by atomic mass is 16.5. The highest BCUT2D eigenvalue weighted by molar-refractivity contribution is 4.76. The molecule has 0 aromatic heterocycles. The standard InChI is InChI=1S/C10H21NO2/c1-10(12,6-7-11)5-4-9-3-2-8-13-9/h9,12H,2-8,11H2,1H3. The van der Waals surface area contributed by atoms with E-state index in [4.69, 9.17) is 10.5 Å². The molecule has 0 bridgehead atoms. The van der Waals surface area contributed by atoms with E-state index in [2.05, 4.69) is 0 Å². The number of hydrogen-bond acceptors (Lipinski definition) is 3. The highest BCUT2D eigenvalue weighted by Crippen LogP contribution is 2.22. The second-order valence-electron chi connectivity index (χ2n) is 4.21. The summed E-state index contributed by atoms with van der Waals surface area (Å²) >= 11 is 0. The number of hydrogen-bond donors (Lipinski definition) is 2. The fraction of sp³-hybridized carbons (Fsp3) is 1.00. The lowest BCUT2D eigenvalue weighted by Crippen LogP contribution is -2.29. The Hall–Kier alpha value is -0.120. The molecule has 78 valence electrons. The zero-order chi connectivity index (χ0) is 9.73. The van der Waals surface area contributed by atoms with Crippen LogP contribution in [0.1, 0.15) is 39.0 Å². The van der Waals surface area contributed by atoms with Crippen LogP contribution in [0.3, 0.4) is 0 Å². The summed E-state index contributed by atoms with van der Waals surface area (Å²) in [5.41, 5.74) is 4.81. The van der Waals surface area contributed by atoms with Crippen molar-refractivity contribution in [2.24, 2.45) is 5.73 Å². The van der Waals surface area contributed by atoms with Crippen LogP contribution >= 0.6 is 0 Å². The van der Waals surface area contributed by atoms with Crippen molar-refractivity contribution in [1.29, 1.82) is 0 Å². The molecule has 0 aliphatic carbocycles. The van der Waals surface area contributed by atoms with Gasteiger partial charge in [0.25, 0.3) is 0 Å². The molecule has 0 aromatic rings. The van der Waals surface area contributed by atoms with Crippen LogP contribution < -0.4 is 5.73 Å². The van der Waals surface area contributed by atoms with Gasteiger partial charge in [-0.15, -0.1) is 0 Å². The van der Waals surface area contributed by atoms with Crippen LogP contribution in [0.4, 0.5) is 0 Å². The van der Waals surface area contributed by atoms with E-state index in [1.54, 1.807) is 0 Å². The topological polar surface area (TPSA) is 55.5 Å². The minimum Gasteiger partial charge on any atom is -0.390 e. The summed E-state index contributed by atoms with van der Waals surface area (Å²) in [4.78, 5) is 0. The van der Waals surface area contributed by atoms with Gasteiger partial charge in [0.15, 0.2) is 0 Å². The third kappa shape index (κ3) is 4.07. The van der Waals surface area contributed by atoms with Gasteiger partial charge >= 0.3 is 0 Å². The Morgan fingerprint density at radius 1 is 1.54 bits per heavy atom. The van der Waals surface area contributed by atoms with Gasteiger partial charge in [0, 0.05) is 6.61 Å². The van der Waals surface area contributed by atoms with Crippen molar-refractivity contribution < 1.29 is 9.84 Å². The van der Waals surface area contributed by atoms with E-state index in [9.17, 15) is 5.11 Å². The first-order chi connectivity index (χ1) is 6.14. The van der Waals surface area contributed by atoms with E-state index in [0.717, 1.165) is 25.9 Å². The SMILES string of the molecule is CC(O)(CCN)CCC1CCCO1. The Kier molecular flexibility index (Phi) is 4.16. The average molecular weight is 187 g/mol. The van der Waals surface area contributed by atoms with Crippen LogP contribution in [0.15, 0.2) is 0 Å². The van der Waals surface area contributed by atoms with Crippen molar-refractivity contribution in [2.45, 2.75) is 50.7 Å². The number of nitrogens with two attached hydrogens (primary N) is 1. The normalized spacial score (nSPS) is 27.5. The second-order valence-corrected chi connectivity index (χ2v) is 4.21. The fourth-order valence-electron chi connectivity index (χ4n) is 1.78. The summed E-state index contributed by atoms with van der Waals surface area (Å²) in [7, 11) is 0. The molecule has 1 aliphatic rings. The predicted octanol–water partition coefficient (Wildman–Crippen LogP) is 1.05. The van der Waals surface area contributed by atoms with Gasteiger partial charge in [-0.2, -0.15) is 0 Å². The van der Waals surface area contributed by atoms with Crippen molar-refractivity contribution in [1.82, 2.24) is 0 Å². The van der Waals surface area contributed by atoms with Crippen LogP contribution in [0.25, 0.3) is 0 Å². The van der Waals surface area contributed by atoms with Crippen molar-refractivity contribution in [2.75, 3.05) is 13.2 Å². The molecule has 1 fully saturated rings. The minimum atomic E-state index is -0.597. The Balaban J connectivity index is 2.15. The van der Waals surface area contributed by atoms with Gasteiger partial charge in [0.05, 0.1) is 11.7 Å². The van der Waals surface area contributed by atoms with Gasteiger partial charge in [0.2, 0.25) is 0 Å². The Morgan fingerprint density at radius 2 is 2.31 bits per heavy atom. The fourth-order valence-corrected chi connectivity index (χ4v) is 1.78. The lowest BCUT2D eigenvalue weighted by molar-refractivity contribution is 0.0205. The molecular formula is C10H21NO2. The molecule has 3 heteroatoms. The van der Waals surface area contributed by atoms with Crippen LogP contribution in [0, 0.1) is 0 Å². The molecule has 1 saturated heterocycles. The summed E-state index contributed by atoms with van der Waals surface area (Å²) in [5, 5.41) is 9.84. The highest BCUT2D eigenvalue weighted by Gasteiger charge is 2.23. The van der Waals surface area contributed by atoms with E-state index in [0.29, 0.717) is 19.1 Å². The molecule has 0 saturated carbocycles. The molecule has 2 unspecified atom stereocenters. The van der Waals surface area contributed by atoms with Crippen molar-refractivity contribution >= 4 is 0 Å². The quantitative estimate of drug-likeness (QED) is 0.676. The number of aliphatic hydroxyl groups is 1. The first kappa shape index (κ1) is 11.0. The number of ether oxygens (including phenoxy) is 1. The molecular weight excluding hydrogens is 166 g/mol. The Bertz CT molecular complexity index is 142. The van der Waals surface area contributed by atoms with Gasteiger partial charge in [-0.25, -0.2) is 0 Å². The Morgan fingerprint density at radius 3 is 2.85 bits per heavy atom. The zero-order valence-corrected chi connectivity index (χ0v) is 8.46. The zero-order valence-electron chi connectivity index (χ0n) is 8.46. The molecule has 0 radical (unpaired) electrons. The van der Waals surface area contributed by atoms with E-state index >= 15 is 0 Å². The third-order valence-corrected chi connectivity index (χ3v) is 2.71. The lowest BCUT2D eigenvalue weighted by atomic mass is 9.94. The maximum absolute atomic E-state index is 9.84. The monoisotopic (exact) mass is 187 g/mol. The number of rotatable bonds is 5. The van der Waals surface area contributed by atoms with Crippen molar-refractivity contribution in [3.05, 3.63) is 0 Å². The summed E-state index contributed by atoms with van der Waals surface area (Å²) in [6.07, 6.45) is 5.15. The first-order valence-electron chi connectivity index (χ1n) is 5.18. The third-order valence-electron chi connectivity index (χ3n) is 2.71. The van der Waals surface area contributed by atoms with Crippen LogP contribution in [0.5, 0.6) is 0 Å². The maximum Gasteiger partial charge on any atom is 0.0632 e. The first-order valence-corrected chi connectivity index (χ1v) is 5.18. The maximum atomic E-state index is 9.84. The molecule has 1 rings (SSSR count). The average Bonchev–Trinajstić information content (AvgIpc) is 2.52. The van der Waals surface area contributed by atoms with Gasteiger partial charge < -0.3 is 15.6 Å². The smallest absolute Gasteiger partial charge is 0.0632 e. The second kappa shape index (κ2) is 4.94. The minimum absolute atomic E-state index is 0.379. The molecule has 1 aliphatic heterocycles. The van der Waals surface area contributed by atoms with Gasteiger partial charge in [-0.3, -0.25) is 0 Å². The molecule has 1 heterocycles. The molecule has 0 aromatic carbocycles. The van der Waals surface area contributed by atoms with E-state index in [1.165, 1.54) is 6.42 Å². The summed E-state index contributed by atoms with van der Waals surface area (Å²) in [5.74, 6) is 0. The van der Waals surface area contributed by atoms with Crippen LogP contribution in [0.2, 0.25) is 0 Å². The van der Waals surface area contributed by atoms with Gasteiger partial charge in [0.1, 0.15) is 0 Å². The van der Waals surface area contributed by atoms with Crippen LogP contribution in [-0.4, -0.2) is 30.0 Å².